The Morgan fingerprint density at radius 1 is 1.46 bits per heavy atom. The van der Waals surface area contributed by atoms with E-state index in [-0.39, 0.29) is 6.04 Å². The van der Waals surface area contributed by atoms with E-state index in [1.165, 1.54) is 0 Å². The van der Waals surface area contributed by atoms with Gasteiger partial charge >= 0.3 is 0 Å². The van der Waals surface area contributed by atoms with Crippen molar-refractivity contribution in [2.75, 3.05) is 26.3 Å². The Labute approximate surface area is 77.8 Å². The van der Waals surface area contributed by atoms with Crippen molar-refractivity contribution in [2.45, 2.75) is 19.9 Å². The van der Waals surface area contributed by atoms with Gasteiger partial charge in [0.15, 0.2) is 5.03 Å². The molecule has 0 aromatic heterocycles. The Kier molecular flexibility index (Phi) is 7.23. The van der Waals surface area contributed by atoms with Crippen LogP contribution in [0.2, 0.25) is 0 Å². The number of nitrogens with zero attached hydrogens (tertiary/aromatic N) is 1. The van der Waals surface area contributed by atoms with Crippen molar-refractivity contribution in [3.05, 3.63) is 10.1 Å². The molecule has 6 nitrogen and oxygen atoms in total. The average molecular weight is 191 g/mol. The number of hydrazine groups is 1. The number of hydrogen-bond donors (Lipinski definition) is 2. The number of nitro groups is 1. The summed E-state index contributed by atoms with van der Waals surface area (Å²) in [7, 11) is 0. The summed E-state index contributed by atoms with van der Waals surface area (Å²) in [5, 5.41) is 12.1. The molecule has 0 aromatic carbocycles. The van der Waals surface area contributed by atoms with E-state index < -0.39 is 5.03 Å². The van der Waals surface area contributed by atoms with Crippen LogP contribution in [0.1, 0.15) is 13.8 Å². The number of nitrogens with one attached hydrogen (secondary N) is 2. The summed E-state index contributed by atoms with van der Waals surface area (Å²) < 4.78 is 5.01. The molecule has 1 fully saturated rings. The molecular formula is C7H17N3O3. The molecule has 0 radical (unpaired) electrons. The Hall–Kier alpha value is -0.880. The monoisotopic (exact) mass is 191 g/mol. The summed E-state index contributed by atoms with van der Waals surface area (Å²) in [6.07, 6.45) is 0. The first-order chi connectivity index (χ1) is 6.13. The van der Waals surface area contributed by atoms with Crippen LogP contribution in [0, 0.1) is 10.1 Å². The molecule has 1 heterocycles. The third kappa shape index (κ3) is 11.1. The van der Waals surface area contributed by atoms with Crippen LogP contribution in [0.15, 0.2) is 0 Å². The first-order valence-electron chi connectivity index (χ1n) is 4.32. The summed E-state index contributed by atoms with van der Waals surface area (Å²) in [4.78, 5) is 9.50. The van der Waals surface area contributed by atoms with Gasteiger partial charge in [0, 0.05) is 13.1 Å². The topological polar surface area (TPSA) is 76.4 Å². The Morgan fingerprint density at radius 2 is 2.00 bits per heavy atom. The zero-order valence-electron chi connectivity index (χ0n) is 8.08. The molecule has 1 rings (SSSR count). The minimum absolute atomic E-state index is 0.0741. The third-order valence-corrected chi connectivity index (χ3v) is 1.21. The van der Waals surface area contributed by atoms with E-state index in [0.717, 1.165) is 26.3 Å². The van der Waals surface area contributed by atoms with Gasteiger partial charge in [0.05, 0.1) is 19.3 Å². The molecule has 0 bridgehead atoms. The Bertz CT molecular complexity index is 125. The largest absolute Gasteiger partial charge is 0.379 e. The first kappa shape index (κ1) is 12.1. The van der Waals surface area contributed by atoms with E-state index in [0.29, 0.717) is 0 Å². The lowest BCUT2D eigenvalue weighted by atomic mass is 10.4. The van der Waals surface area contributed by atoms with E-state index in [1.807, 2.05) is 5.43 Å². The van der Waals surface area contributed by atoms with E-state index in [4.69, 9.17) is 4.74 Å². The molecule has 78 valence electrons. The average Bonchev–Trinajstić information content (AvgIpc) is 2.06. The van der Waals surface area contributed by atoms with Gasteiger partial charge in [0.25, 0.3) is 0 Å². The predicted octanol–water partition coefficient (Wildman–Crippen LogP) is -0.218. The maximum atomic E-state index is 9.50. The highest BCUT2D eigenvalue weighted by molar-refractivity contribution is 4.49. The molecule has 13 heavy (non-hydrogen) atoms. The smallest absolute Gasteiger partial charge is 0.157 e. The maximum absolute atomic E-state index is 9.50. The molecule has 0 unspecified atom stereocenters. The standard InChI is InChI=1S/C4H9NO.C3H8N2O2/c1-3-6-4-2-5-1;1-3(2)4-5(6)7/h5H,1-4H2;3-4H,1-2H3. The van der Waals surface area contributed by atoms with E-state index in [2.05, 4.69) is 5.32 Å². The van der Waals surface area contributed by atoms with Crippen LogP contribution in [0.25, 0.3) is 0 Å². The van der Waals surface area contributed by atoms with Crippen molar-refractivity contribution in [1.82, 2.24) is 10.7 Å². The molecule has 6 heteroatoms. The maximum Gasteiger partial charge on any atom is 0.157 e. The predicted molar refractivity (Wildman–Crippen MR) is 49.0 cm³/mol. The van der Waals surface area contributed by atoms with Crippen molar-refractivity contribution < 1.29 is 9.77 Å². The summed E-state index contributed by atoms with van der Waals surface area (Å²) in [6.45, 7) is 7.26. The normalized spacial score (nSPS) is 15.9. The molecule has 0 atom stereocenters. The highest BCUT2D eigenvalue weighted by Gasteiger charge is 1.95. The fourth-order valence-electron chi connectivity index (χ4n) is 0.727. The van der Waals surface area contributed by atoms with Crippen molar-refractivity contribution in [3.63, 3.8) is 0 Å². The van der Waals surface area contributed by atoms with Gasteiger partial charge in [-0.15, -0.1) is 5.43 Å². The van der Waals surface area contributed by atoms with Gasteiger partial charge < -0.3 is 10.1 Å². The molecule has 0 saturated carbocycles. The highest BCUT2D eigenvalue weighted by atomic mass is 16.7. The number of hydrogen-bond acceptors (Lipinski definition) is 4. The lowest BCUT2D eigenvalue weighted by Crippen LogP contribution is -2.30. The molecule has 1 saturated heterocycles. The van der Waals surface area contributed by atoms with Gasteiger partial charge in [-0.1, -0.05) is 0 Å². The molecular weight excluding hydrogens is 174 g/mol. The second-order valence-electron chi connectivity index (χ2n) is 2.90. The second kappa shape index (κ2) is 7.75. The van der Waals surface area contributed by atoms with E-state index in [1.54, 1.807) is 13.8 Å². The number of morpholine rings is 1. The summed E-state index contributed by atoms with van der Waals surface area (Å²) in [6, 6.07) is -0.0741. The van der Waals surface area contributed by atoms with Crippen LogP contribution in [0.5, 0.6) is 0 Å². The van der Waals surface area contributed by atoms with Crippen molar-refractivity contribution in [1.29, 1.82) is 0 Å². The fourth-order valence-corrected chi connectivity index (χ4v) is 0.727. The molecule has 1 aliphatic heterocycles. The molecule has 2 N–H and O–H groups in total. The van der Waals surface area contributed by atoms with Crippen molar-refractivity contribution >= 4 is 0 Å². The summed E-state index contributed by atoms with van der Waals surface area (Å²) in [5.41, 5.74) is 2.03. The fraction of sp³-hybridized carbons (Fsp3) is 1.00. The highest BCUT2D eigenvalue weighted by Crippen LogP contribution is 1.76. The van der Waals surface area contributed by atoms with Crippen LogP contribution in [0.3, 0.4) is 0 Å². The van der Waals surface area contributed by atoms with Crippen molar-refractivity contribution in [2.24, 2.45) is 0 Å². The zero-order chi connectivity index (χ0) is 10.1. The van der Waals surface area contributed by atoms with Crippen LogP contribution < -0.4 is 10.7 Å². The summed E-state index contributed by atoms with van der Waals surface area (Å²) in [5.74, 6) is 0. The summed E-state index contributed by atoms with van der Waals surface area (Å²) >= 11 is 0. The van der Waals surface area contributed by atoms with E-state index in [9.17, 15) is 10.1 Å². The minimum atomic E-state index is -0.551. The number of rotatable bonds is 2. The van der Waals surface area contributed by atoms with Crippen molar-refractivity contribution in [3.8, 4) is 0 Å². The van der Waals surface area contributed by atoms with Crippen LogP contribution in [-0.2, 0) is 4.74 Å². The van der Waals surface area contributed by atoms with Gasteiger partial charge in [-0.05, 0) is 13.8 Å². The van der Waals surface area contributed by atoms with E-state index >= 15 is 0 Å². The Balaban J connectivity index is 0.000000223. The molecule has 0 aromatic rings. The second-order valence-corrected chi connectivity index (χ2v) is 2.90. The molecule has 0 aliphatic carbocycles. The lowest BCUT2D eigenvalue weighted by molar-refractivity contribution is -0.549. The SMILES string of the molecule is C1COCCN1.CC(C)N[N+](=O)[O-]. The molecule has 0 amide bonds. The van der Waals surface area contributed by atoms with Crippen LogP contribution >= 0.6 is 0 Å². The zero-order valence-corrected chi connectivity index (χ0v) is 8.08. The quantitative estimate of drug-likeness (QED) is 0.466. The van der Waals surface area contributed by atoms with Gasteiger partial charge in [-0.3, -0.25) is 0 Å². The third-order valence-electron chi connectivity index (χ3n) is 1.21. The van der Waals surface area contributed by atoms with Crippen LogP contribution in [-0.4, -0.2) is 37.4 Å². The van der Waals surface area contributed by atoms with Gasteiger partial charge in [-0.25, -0.2) is 10.1 Å². The van der Waals surface area contributed by atoms with Crippen LogP contribution in [0.4, 0.5) is 0 Å². The molecule has 1 aliphatic rings. The minimum Gasteiger partial charge on any atom is -0.379 e. The van der Waals surface area contributed by atoms with Gasteiger partial charge in [-0.2, -0.15) is 0 Å². The molecule has 0 spiro atoms. The number of ether oxygens (including phenoxy) is 1. The first-order valence-corrected chi connectivity index (χ1v) is 4.32. The van der Waals surface area contributed by atoms with Gasteiger partial charge in [0.2, 0.25) is 0 Å². The Morgan fingerprint density at radius 3 is 2.08 bits per heavy atom. The lowest BCUT2D eigenvalue weighted by Gasteiger charge is -2.10. The van der Waals surface area contributed by atoms with Gasteiger partial charge in [0.1, 0.15) is 0 Å².